The molecule has 0 bridgehead atoms. The molecule has 2 atom stereocenters. The molecule has 0 aromatic rings. The van der Waals surface area contributed by atoms with Crippen LogP contribution in [-0.2, 0) is 4.74 Å². The molecule has 106 valence electrons. The fraction of sp³-hybridized carbons (Fsp3) is 1.00. The molecular formula is C15H30N2O. The molecule has 0 radical (unpaired) electrons. The smallest absolute Gasteiger partial charge is 0.0588 e. The van der Waals surface area contributed by atoms with Crippen molar-refractivity contribution in [1.29, 1.82) is 0 Å². The Kier molecular flexibility index (Phi) is 6.46. The van der Waals surface area contributed by atoms with Gasteiger partial charge in [0.05, 0.1) is 6.10 Å². The van der Waals surface area contributed by atoms with Gasteiger partial charge in [0.2, 0.25) is 0 Å². The maximum atomic E-state index is 5.73. The quantitative estimate of drug-likeness (QED) is 0.755. The van der Waals surface area contributed by atoms with Gasteiger partial charge in [0.1, 0.15) is 0 Å². The Bertz CT molecular complexity index is 211. The van der Waals surface area contributed by atoms with Gasteiger partial charge in [-0.1, -0.05) is 13.3 Å². The minimum absolute atomic E-state index is 0.545. The predicted molar refractivity (Wildman–Crippen MR) is 76.0 cm³/mol. The Hall–Kier alpha value is -0.120. The van der Waals surface area contributed by atoms with E-state index in [1.807, 2.05) is 0 Å². The Balaban J connectivity index is 1.68. The molecule has 2 rings (SSSR count). The molecule has 0 aromatic carbocycles. The maximum Gasteiger partial charge on any atom is 0.0588 e. The van der Waals surface area contributed by atoms with E-state index < -0.39 is 0 Å². The fourth-order valence-electron chi connectivity index (χ4n) is 3.20. The van der Waals surface area contributed by atoms with Gasteiger partial charge in [-0.25, -0.2) is 0 Å². The number of ether oxygens (including phenoxy) is 1. The summed E-state index contributed by atoms with van der Waals surface area (Å²) in [7, 11) is 0. The first-order valence-corrected chi connectivity index (χ1v) is 7.96. The lowest BCUT2D eigenvalue weighted by molar-refractivity contribution is 0.0896. The van der Waals surface area contributed by atoms with Crippen LogP contribution in [0.3, 0.4) is 0 Å². The molecule has 3 nitrogen and oxygen atoms in total. The first-order valence-electron chi connectivity index (χ1n) is 7.96. The molecule has 2 heterocycles. The van der Waals surface area contributed by atoms with E-state index in [1.54, 1.807) is 0 Å². The second kappa shape index (κ2) is 8.13. The van der Waals surface area contributed by atoms with Crippen molar-refractivity contribution < 1.29 is 4.74 Å². The monoisotopic (exact) mass is 254 g/mol. The van der Waals surface area contributed by atoms with E-state index >= 15 is 0 Å². The zero-order chi connectivity index (χ0) is 12.6. The van der Waals surface area contributed by atoms with Crippen LogP contribution in [0.25, 0.3) is 0 Å². The van der Waals surface area contributed by atoms with Crippen LogP contribution >= 0.6 is 0 Å². The predicted octanol–water partition coefficient (Wildman–Crippen LogP) is 2.41. The summed E-state index contributed by atoms with van der Waals surface area (Å²) in [5.41, 5.74) is 0. The standard InChI is InChI=1S/C15H30N2O/c1-2-10-17(11-8-15-7-5-12-18-15)13-14-6-3-4-9-16-14/h14-16H,2-13H2,1H3. The van der Waals surface area contributed by atoms with E-state index in [9.17, 15) is 0 Å². The summed E-state index contributed by atoms with van der Waals surface area (Å²) >= 11 is 0. The molecule has 0 aromatic heterocycles. The van der Waals surface area contributed by atoms with Crippen molar-refractivity contribution >= 4 is 0 Å². The molecule has 0 saturated carbocycles. The Labute approximate surface area is 112 Å². The summed E-state index contributed by atoms with van der Waals surface area (Å²) in [4.78, 5) is 2.64. The summed E-state index contributed by atoms with van der Waals surface area (Å²) in [6.07, 6.45) is 9.71. The van der Waals surface area contributed by atoms with Crippen LogP contribution in [-0.4, -0.2) is 49.8 Å². The van der Waals surface area contributed by atoms with E-state index in [4.69, 9.17) is 4.74 Å². The first-order chi connectivity index (χ1) is 8.88. The first kappa shape index (κ1) is 14.3. The molecular weight excluding hydrogens is 224 g/mol. The van der Waals surface area contributed by atoms with Crippen molar-refractivity contribution in [3.63, 3.8) is 0 Å². The minimum Gasteiger partial charge on any atom is -0.378 e. The Morgan fingerprint density at radius 2 is 2.11 bits per heavy atom. The van der Waals surface area contributed by atoms with Crippen LogP contribution in [0.1, 0.15) is 51.9 Å². The molecule has 2 aliphatic heterocycles. The Morgan fingerprint density at radius 3 is 2.78 bits per heavy atom. The number of hydrogen-bond donors (Lipinski definition) is 1. The topological polar surface area (TPSA) is 24.5 Å². The van der Waals surface area contributed by atoms with Gasteiger partial charge >= 0.3 is 0 Å². The van der Waals surface area contributed by atoms with Crippen LogP contribution < -0.4 is 5.32 Å². The molecule has 2 aliphatic rings. The van der Waals surface area contributed by atoms with Gasteiger partial charge in [0.15, 0.2) is 0 Å². The second-order valence-electron chi connectivity index (χ2n) is 5.87. The number of nitrogens with one attached hydrogen (secondary N) is 1. The SMILES string of the molecule is CCCN(CCC1CCCO1)CC1CCCCN1. The normalized spacial score (nSPS) is 29.0. The van der Waals surface area contributed by atoms with Gasteiger partial charge in [-0.05, 0) is 51.6 Å². The average molecular weight is 254 g/mol. The van der Waals surface area contributed by atoms with Crippen molar-refractivity contribution in [2.45, 2.75) is 64.0 Å². The molecule has 2 unspecified atom stereocenters. The molecule has 2 fully saturated rings. The summed E-state index contributed by atoms with van der Waals surface area (Å²) in [5, 5.41) is 3.66. The average Bonchev–Trinajstić information content (AvgIpc) is 2.91. The second-order valence-corrected chi connectivity index (χ2v) is 5.87. The highest BCUT2D eigenvalue weighted by atomic mass is 16.5. The van der Waals surface area contributed by atoms with E-state index in [2.05, 4.69) is 17.1 Å². The largest absolute Gasteiger partial charge is 0.378 e. The summed E-state index contributed by atoms with van der Waals surface area (Å²) in [6, 6.07) is 0.731. The highest BCUT2D eigenvalue weighted by Gasteiger charge is 2.19. The van der Waals surface area contributed by atoms with Gasteiger partial charge < -0.3 is 15.0 Å². The highest BCUT2D eigenvalue weighted by molar-refractivity contribution is 4.77. The van der Waals surface area contributed by atoms with Gasteiger partial charge in [0, 0.05) is 25.7 Å². The van der Waals surface area contributed by atoms with E-state index in [0.29, 0.717) is 6.10 Å². The lowest BCUT2D eigenvalue weighted by Gasteiger charge is -2.31. The van der Waals surface area contributed by atoms with Gasteiger partial charge in [0.25, 0.3) is 0 Å². The molecule has 0 amide bonds. The molecule has 2 saturated heterocycles. The summed E-state index contributed by atoms with van der Waals surface area (Å²) in [6.45, 7) is 8.19. The number of rotatable bonds is 7. The maximum absolute atomic E-state index is 5.73. The lowest BCUT2D eigenvalue weighted by Crippen LogP contribution is -2.44. The van der Waals surface area contributed by atoms with Gasteiger partial charge in [-0.2, -0.15) is 0 Å². The third-order valence-corrected chi connectivity index (χ3v) is 4.22. The summed E-state index contributed by atoms with van der Waals surface area (Å²) < 4.78 is 5.73. The highest BCUT2D eigenvalue weighted by Crippen LogP contribution is 2.16. The summed E-state index contributed by atoms with van der Waals surface area (Å²) in [5.74, 6) is 0. The van der Waals surface area contributed by atoms with Crippen molar-refractivity contribution in [1.82, 2.24) is 10.2 Å². The third kappa shape index (κ3) is 4.87. The van der Waals surface area contributed by atoms with E-state index in [-0.39, 0.29) is 0 Å². The van der Waals surface area contributed by atoms with Crippen LogP contribution in [0.2, 0.25) is 0 Å². The minimum atomic E-state index is 0.545. The molecule has 18 heavy (non-hydrogen) atoms. The van der Waals surface area contributed by atoms with E-state index in [1.165, 1.54) is 71.1 Å². The van der Waals surface area contributed by atoms with Crippen molar-refractivity contribution in [2.24, 2.45) is 0 Å². The van der Waals surface area contributed by atoms with Crippen molar-refractivity contribution in [2.75, 3.05) is 32.8 Å². The zero-order valence-corrected chi connectivity index (χ0v) is 12.0. The van der Waals surface area contributed by atoms with Crippen LogP contribution in [0.15, 0.2) is 0 Å². The van der Waals surface area contributed by atoms with Crippen LogP contribution in [0, 0.1) is 0 Å². The van der Waals surface area contributed by atoms with Crippen LogP contribution in [0.5, 0.6) is 0 Å². The zero-order valence-electron chi connectivity index (χ0n) is 12.0. The van der Waals surface area contributed by atoms with Crippen molar-refractivity contribution in [3.05, 3.63) is 0 Å². The number of hydrogen-bond acceptors (Lipinski definition) is 3. The molecule has 0 spiro atoms. The molecule has 3 heteroatoms. The van der Waals surface area contributed by atoms with Gasteiger partial charge in [-0.3, -0.25) is 0 Å². The number of nitrogens with zero attached hydrogens (tertiary/aromatic N) is 1. The van der Waals surface area contributed by atoms with Crippen LogP contribution in [0.4, 0.5) is 0 Å². The van der Waals surface area contributed by atoms with Gasteiger partial charge in [-0.15, -0.1) is 0 Å². The Morgan fingerprint density at radius 1 is 1.17 bits per heavy atom. The lowest BCUT2D eigenvalue weighted by atomic mass is 10.0. The van der Waals surface area contributed by atoms with Crippen molar-refractivity contribution in [3.8, 4) is 0 Å². The molecule has 1 N–H and O–H groups in total. The van der Waals surface area contributed by atoms with E-state index in [0.717, 1.165) is 12.6 Å². The fourth-order valence-corrected chi connectivity index (χ4v) is 3.20. The molecule has 0 aliphatic carbocycles. The number of piperidine rings is 1. The third-order valence-electron chi connectivity index (χ3n) is 4.22.